The maximum absolute atomic E-state index is 12.2. The minimum Gasteiger partial charge on any atom is -0.480 e. The van der Waals surface area contributed by atoms with E-state index in [-0.39, 0.29) is 6.61 Å². The first-order chi connectivity index (χ1) is 11.0. The average Bonchev–Trinajstić information content (AvgIpc) is 3.03. The second-order valence-corrected chi connectivity index (χ2v) is 5.46. The van der Waals surface area contributed by atoms with E-state index in [1.54, 1.807) is 0 Å². The summed E-state index contributed by atoms with van der Waals surface area (Å²) in [7, 11) is 0. The Balaban J connectivity index is 1.91. The van der Waals surface area contributed by atoms with Crippen molar-refractivity contribution in [3.8, 4) is 0 Å². The SMILES string of the molecule is C[C@H](NC(=O)[C@H]1CCCN1C(=O)OCc1ccccc1)C(=O)O. The van der Waals surface area contributed by atoms with E-state index >= 15 is 0 Å². The molecule has 0 saturated carbocycles. The molecule has 1 aromatic carbocycles. The summed E-state index contributed by atoms with van der Waals surface area (Å²) in [5.41, 5.74) is 0.862. The van der Waals surface area contributed by atoms with Crippen LogP contribution in [0.1, 0.15) is 25.3 Å². The Morgan fingerprint density at radius 2 is 2.04 bits per heavy atom. The number of carboxylic acids is 1. The number of ether oxygens (including phenoxy) is 1. The van der Waals surface area contributed by atoms with Crippen molar-refractivity contribution in [3.05, 3.63) is 35.9 Å². The number of rotatable bonds is 5. The van der Waals surface area contributed by atoms with Crippen LogP contribution in [0.25, 0.3) is 0 Å². The maximum Gasteiger partial charge on any atom is 0.410 e. The molecule has 0 aliphatic carbocycles. The first-order valence-electron chi connectivity index (χ1n) is 7.49. The van der Waals surface area contributed by atoms with Gasteiger partial charge in [-0.05, 0) is 25.3 Å². The van der Waals surface area contributed by atoms with Crippen molar-refractivity contribution >= 4 is 18.0 Å². The standard InChI is InChI=1S/C16H20N2O5/c1-11(15(20)21)17-14(19)13-8-5-9-18(13)16(22)23-10-12-6-3-2-4-7-12/h2-4,6-7,11,13H,5,8-10H2,1H3,(H,17,19)(H,20,21)/t11-,13+/m0/s1. The van der Waals surface area contributed by atoms with Gasteiger partial charge in [0.2, 0.25) is 5.91 Å². The van der Waals surface area contributed by atoms with Crippen molar-refractivity contribution in [1.82, 2.24) is 10.2 Å². The molecule has 1 aliphatic heterocycles. The van der Waals surface area contributed by atoms with Gasteiger partial charge in [-0.2, -0.15) is 0 Å². The number of benzene rings is 1. The molecule has 0 radical (unpaired) electrons. The van der Waals surface area contributed by atoms with Crippen LogP contribution in [0.4, 0.5) is 4.79 Å². The van der Waals surface area contributed by atoms with Gasteiger partial charge in [0.25, 0.3) is 0 Å². The van der Waals surface area contributed by atoms with Crippen LogP contribution in [0.2, 0.25) is 0 Å². The third-order valence-electron chi connectivity index (χ3n) is 3.72. The molecule has 1 aliphatic rings. The van der Waals surface area contributed by atoms with E-state index in [0.29, 0.717) is 19.4 Å². The molecule has 1 heterocycles. The summed E-state index contributed by atoms with van der Waals surface area (Å²) >= 11 is 0. The number of amides is 2. The Morgan fingerprint density at radius 3 is 2.70 bits per heavy atom. The number of hydrogen-bond acceptors (Lipinski definition) is 4. The predicted molar refractivity (Wildman–Crippen MR) is 81.6 cm³/mol. The van der Waals surface area contributed by atoms with Crippen LogP contribution >= 0.6 is 0 Å². The maximum atomic E-state index is 12.2. The van der Waals surface area contributed by atoms with Gasteiger partial charge in [-0.3, -0.25) is 14.5 Å². The topological polar surface area (TPSA) is 95.9 Å². The van der Waals surface area contributed by atoms with Crippen LogP contribution < -0.4 is 5.32 Å². The number of carbonyl (C=O) groups is 3. The molecule has 2 N–H and O–H groups in total. The number of hydrogen-bond donors (Lipinski definition) is 2. The van der Waals surface area contributed by atoms with E-state index < -0.39 is 30.1 Å². The highest BCUT2D eigenvalue weighted by atomic mass is 16.6. The Morgan fingerprint density at radius 1 is 1.35 bits per heavy atom. The van der Waals surface area contributed by atoms with Gasteiger partial charge in [0.1, 0.15) is 18.7 Å². The Labute approximate surface area is 134 Å². The number of nitrogens with one attached hydrogen (secondary N) is 1. The van der Waals surface area contributed by atoms with Crippen molar-refractivity contribution in [2.75, 3.05) is 6.54 Å². The summed E-state index contributed by atoms with van der Waals surface area (Å²) < 4.78 is 5.24. The summed E-state index contributed by atoms with van der Waals surface area (Å²) in [5.74, 6) is -1.58. The molecule has 7 heteroatoms. The van der Waals surface area contributed by atoms with E-state index in [1.807, 2.05) is 30.3 Å². The predicted octanol–water partition coefficient (Wildman–Crippen LogP) is 1.38. The van der Waals surface area contributed by atoms with Gasteiger partial charge in [0.15, 0.2) is 0 Å². The zero-order chi connectivity index (χ0) is 16.8. The lowest BCUT2D eigenvalue weighted by molar-refractivity contribution is -0.141. The molecule has 124 valence electrons. The van der Waals surface area contributed by atoms with Gasteiger partial charge in [-0.1, -0.05) is 30.3 Å². The lowest BCUT2D eigenvalue weighted by atomic mass is 10.2. The zero-order valence-corrected chi connectivity index (χ0v) is 12.9. The van der Waals surface area contributed by atoms with Crippen LogP contribution in [0.3, 0.4) is 0 Å². The number of carbonyl (C=O) groups excluding carboxylic acids is 2. The van der Waals surface area contributed by atoms with Crippen LogP contribution in [0, 0.1) is 0 Å². The smallest absolute Gasteiger partial charge is 0.410 e. The normalized spacial score (nSPS) is 18.3. The molecule has 2 atom stereocenters. The molecule has 1 aromatic rings. The third-order valence-corrected chi connectivity index (χ3v) is 3.72. The van der Waals surface area contributed by atoms with E-state index in [0.717, 1.165) is 5.56 Å². The molecule has 0 aromatic heterocycles. The zero-order valence-electron chi connectivity index (χ0n) is 12.9. The molecule has 0 bridgehead atoms. The summed E-state index contributed by atoms with van der Waals surface area (Å²) in [4.78, 5) is 36.4. The fourth-order valence-corrected chi connectivity index (χ4v) is 2.43. The molecule has 1 fully saturated rings. The minimum atomic E-state index is -1.12. The summed E-state index contributed by atoms with van der Waals surface area (Å²) in [6.07, 6.45) is 0.618. The monoisotopic (exact) mass is 320 g/mol. The average molecular weight is 320 g/mol. The third kappa shape index (κ3) is 4.45. The molecule has 7 nitrogen and oxygen atoms in total. The molecule has 0 unspecified atom stereocenters. The Hall–Kier alpha value is -2.57. The summed E-state index contributed by atoms with van der Waals surface area (Å²) in [6, 6.07) is 7.58. The van der Waals surface area contributed by atoms with Gasteiger partial charge in [-0.15, -0.1) is 0 Å². The van der Waals surface area contributed by atoms with Gasteiger partial charge < -0.3 is 15.2 Å². The lowest BCUT2D eigenvalue weighted by Gasteiger charge is -2.24. The molecule has 1 saturated heterocycles. The summed E-state index contributed by atoms with van der Waals surface area (Å²) in [5, 5.41) is 11.2. The lowest BCUT2D eigenvalue weighted by Crippen LogP contribution is -2.50. The van der Waals surface area contributed by atoms with Crippen LogP contribution in [-0.4, -0.2) is 46.6 Å². The second kappa shape index (κ2) is 7.62. The molecule has 2 amide bonds. The Kier molecular flexibility index (Phi) is 5.56. The highest BCUT2D eigenvalue weighted by Crippen LogP contribution is 2.19. The fourth-order valence-electron chi connectivity index (χ4n) is 2.43. The molecule has 23 heavy (non-hydrogen) atoms. The largest absolute Gasteiger partial charge is 0.480 e. The first kappa shape index (κ1) is 16.8. The van der Waals surface area contributed by atoms with E-state index in [1.165, 1.54) is 11.8 Å². The van der Waals surface area contributed by atoms with Crippen LogP contribution in [0.15, 0.2) is 30.3 Å². The van der Waals surface area contributed by atoms with Crippen molar-refractivity contribution in [1.29, 1.82) is 0 Å². The Bertz CT molecular complexity index is 575. The van der Waals surface area contributed by atoms with E-state index in [9.17, 15) is 14.4 Å². The number of likely N-dealkylation sites (tertiary alicyclic amines) is 1. The quantitative estimate of drug-likeness (QED) is 0.854. The van der Waals surface area contributed by atoms with Crippen molar-refractivity contribution in [3.63, 3.8) is 0 Å². The van der Waals surface area contributed by atoms with Gasteiger partial charge in [0, 0.05) is 6.54 Å². The van der Waals surface area contributed by atoms with Gasteiger partial charge >= 0.3 is 12.1 Å². The molecule has 0 spiro atoms. The van der Waals surface area contributed by atoms with Gasteiger partial charge in [0.05, 0.1) is 0 Å². The van der Waals surface area contributed by atoms with Crippen molar-refractivity contribution in [2.45, 2.75) is 38.5 Å². The van der Waals surface area contributed by atoms with Crippen LogP contribution in [-0.2, 0) is 20.9 Å². The van der Waals surface area contributed by atoms with E-state index in [4.69, 9.17) is 9.84 Å². The number of aliphatic carboxylic acids is 1. The molecular formula is C16H20N2O5. The summed E-state index contributed by atoms with van der Waals surface area (Å²) in [6.45, 7) is 1.94. The number of nitrogens with zero attached hydrogens (tertiary/aromatic N) is 1. The van der Waals surface area contributed by atoms with Crippen molar-refractivity contribution in [2.24, 2.45) is 0 Å². The van der Waals surface area contributed by atoms with Crippen LogP contribution in [0.5, 0.6) is 0 Å². The molecule has 2 rings (SSSR count). The minimum absolute atomic E-state index is 0.135. The highest BCUT2D eigenvalue weighted by molar-refractivity contribution is 5.89. The van der Waals surface area contributed by atoms with E-state index in [2.05, 4.69) is 5.32 Å². The van der Waals surface area contributed by atoms with Gasteiger partial charge in [-0.25, -0.2) is 4.79 Å². The first-order valence-corrected chi connectivity index (χ1v) is 7.49. The molecular weight excluding hydrogens is 300 g/mol. The number of carboxylic acid groups (broad SMARTS) is 1. The van der Waals surface area contributed by atoms with Crippen molar-refractivity contribution < 1.29 is 24.2 Å². The fraction of sp³-hybridized carbons (Fsp3) is 0.438. The second-order valence-electron chi connectivity index (χ2n) is 5.46. The highest BCUT2D eigenvalue weighted by Gasteiger charge is 2.36.